The van der Waals surface area contributed by atoms with E-state index in [1.54, 1.807) is 11.3 Å². The van der Waals surface area contributed by atoms with Crippen LogP contribution in [0.4, 0.5) is 0 Å². The van der Waals surface area contributed by atoms with E-state index in [2.05, 4.69) is 65.7 Å². The molecule has 2 aromatic heterocycles. The van der Waals surface area contributed by atoms with Crippen LogP contribution in [0.3, 0.4) is 0 Å². The fraction of sp³-hybridized carbons (Fsp3) is 0.636. The van der Waals surface area contributed by atoms with Gasteiger partial charge in [0.15, 0.2) is 5.96 Å². The van der Waals surface area contributed by atoms with E-state index in [4.69, 9.17) is 9.72 Å². The third-order valence-corrected chi connectivity index (χ3v) is 7.22. The zero-order chi connectivity index (χ0) is 21.6. The van der Waals surface area contributed by atoms with Crippen LogP contribution in [0.1, 0.15) is 47.3 Å². The number of aliphatic imine (C=N–C) groups is 1. The van der Waals surface area contributed by atoms with Crippen molar-refractivity contribution < 1.29 is 4.74 Å². The van der Waals surface area contributed by atoms with Gasteiger partial charge in [-0.1, -0.05) is 20.8 Å². The van der Waals surface area contributed by atoms with Crippen molar-refractivity contribution >= 4 is 52.6 Å². The molecule has 0 aromatic carbocycles. The molecule has 0 amide bonds. The van der Waals surface area contributed by atoms with Gasteiger partial charge in [0.25, 0.3) is 0 Å². The number of aryl methyl sites for hydroxylation is 1. The van der Waals surface area contributed by atoms with E-state index in [0.29, 0.717) is 6.04 Å². The molecule has 0 bridgehead atoms. The number of guanidine groups is 1. The van der Waals surface area contributed by atoms with Crippen LogP contribution in [0.25, 0.3) is 0 Å². The van der Waals surface area contributed by atoms with Gasteiger partial charge in [0.2, 0.25) is 0 Å². The second-order valence-electron chi connectivity index (χ2n) is 8.62. The van der Waals surface area contributed by atoms with Crippen molar-refractivity contribution in [2.24, 2.45) is 4.99 Å². The molecule has 1 unspecified atom stereocenters. The normalized spacial score (nSPS) is 16.6. The van der Waals surface area contributed by atoms with Gasteiger partial charge in [0.05, 0.1) is 30.0 Å². The van der Waals surface area contributed by atoms with Crippen LogP contribution in [0, 0.1) is 6.92 Å². The third-order valence-electron chi connectivity index (χ3n) is 5.21. The van der Waals surface area contributed by atoms with Crippen molar-refractivity contribution in [3.63, 3.8) is 0 Å². The van der Waals surface area contributed by atoms with E-state index < -0.39 is 0 Å². The lowest BCUT2D eigenvalue weighted by molar-refractivity contribution is 0.0177. The number of nitrogens with zero attached hydrogens (tertiary/aromatic N) is 3. The van der Waals surface area contributed by atoms with E-state index in [0.717, 1.165) is 51.8 Å². The number of ether oxygens (including phenoxy) is 1. The van der Waals surface area contributed by atoms with Crippen LogP contribution in [-0.4, -0.2) is 62.3 Å². The Hall–Kier alpha value is -0.750. The van der Waals surface area contributed by atoms with Crippen LogP contribution in [0.5, 0.6) is 0 Å². The van der Waals surface area contributed by atoms with Crippen LogP contribution < -0.4 is 10.6 Å². The summed E-state index contributed by atoms with van der Waals surface area (Å²) >= 11 is 3.62. The Balaban J connectivity index is 0.00000341. The molecule has 0 aliphatic carbocycles. The largest absolute Gasteiger partial charge is 0.379 e. The number of halogens is 1. The molecule has 0 saturated carbocycles. The fourth-order valence-electron chi connectivity index (χ4n) is 3.40. The van der Waals surface area contributed by atoms with E-state index in [9.17, 15) is 0 Å². The summed E-state index contributed by atoms with van der Waals surface area (Å²) in [6.07, 6.45) is 0.901. The summed E-state index contributed by atoms with van der Waals surface area (Å²) in [5.74, 6) is 0.842. The van der Waals surface area contributed by atoms with E-state index in [1.165, 1.54) is 20.5 Å². The maximum absolute atomic E-state index is 5.56. The molecule has 2 N–H and O–H groups in total. The maximum Gasteiger partial charge on any atom is 0.191 e. The number of aromatic nitrogens is 1. The van der Waals surface area contributed by atoms with Crippen LogP contribution in [-0.2, 0) is 16.6 Å². The number of hydrogen-bond acceptors (Lipinski definition) is 6. The molecule has 3 heterocycles. The lowest BCUT2D eigenvalue weighted by atomic mass is 9.93. The Labute approximate surface area is 211 Å². The predicted octanol–water partition coefficient (Wildman–Crippen LogP) is 4.21. The molecular formula is C22H36IN5OS2. The van der Waals surface area contributed by atoms with Crippen molar-refractivity contribution in [2.75, 3.05) is 46.4 Å². The predicted molar refractivity (Wildman–Crippen MR) is 143 cm³/mol. The molecular weight excluding hydrogens is 541 g/mol. The Morgan fingerprint density at radius 1 is 1.26 bits per heavy atom. The molecule has 1 aliphatic rings. The molecule has 6 nitrogen and oxygen atoms in total. The average molecular weight is 578 g/mol. The minimum atomic E-state index is 0. The summed E-state index contributed by atoms with van der Waals surface area (Å²) in [6, 6.07) is 4.80. The van der Waals surface area contributed by atoms with Crippen molar-refractivity contribution in [1.29, 1.82) is 0 Å². The number of hydrogen-bond donors (Lipinski definition) is 2. The number of thiophene rings is 1. The fourth-order valence-corrected chi connectivity index (χ4v) is 5.44. The molecule has 31 heavy (non-hydrogen) atoms. The van der Waals surface area contributed by atoms with Gasteiger partial charge in [-0.2, -0.15) is 0 Å². The van der Waals surface area contributed by atoms with Gasteiger partial charge < -0.3 is 15.4 Å². The molecule has 2 aromatic rings. The average Bonchev–Trinajstić information content (AvgIpc) is 3.37. The van der Waals surface area contributed by atoms with Gasteiger partial charge in [-0.25, -0.2) is 4.98 Å². The number of morpholine rings is 1. The minimum absolute atomic E-state index is 0. The molecule has 9 heteroatoms. The summed E-state index contributed by atoms with van der Waals surface area (Å²) in [6.45, 7) is 14.0. The topological polar surface area (TPSA) is 61.8 Å². The Morgan fingerprint density at radius 3 is 2.58 bits per heavy atom. The van der Waals surface area contributed by atoms with E-state index in [1.807, 2.05) is 18.4 Å². The summed E-state index contributed by atoms with van der Waals surface area (Å²) in [5.41, 5.74) is 1.28. The highest BCUT2D eigenvalue weighted by atomic mass is 127. The van der Waals surface area contributed by atoms with Gasteiger partial charge in [0.1, 0.15) is 0 Å². The Morgan fingerprint density at radius 2 is 2.00 bits per heavy atom. The monoisotopic (exact) mass is 577 g/mol. The second-order valence-corrected chi connectivity index (χ2v) is 10.9. The molecule has 3 rings (SSSR count). The smallest absolute Gasteiger partial charge is 0.191 e. The zero-order valence-corrected chi connectivity index (χ0v) is 23.2. The Kier molecular flexibility index (Phi) is 10.7. The Bertz CT molecular complexity index is 824. The number of thiazole rings is 1. The van der Waals surface area contributed by atoms with Crippen molar-refractivity contribution in [3.05, 3.63) is 38.0 Å². The van der Waals surface area contributed by atoms with Gasteiger partial charge in [-0.05, 0) is 19.1 Å². The second kappa shape index (κ2) is 12.5. The SMILES string of the molecule is CN=C(NCCc1nc(C(C)(C)C)cs1)NCC(c1ccc(C)s1)N1CCOCC1.I. The summed E-state index contributed by atoms with van der Waals surface area (Å²) in [7, 11) is 1.83. The van der Waals surface area contributed by atoms with Crippen molar-refractivity contribution in [1.82, 2.24) is 20.5 Å². The first-order chi connectivity index (χ1) is 14.4. The lowest BCUT2D eigenvalue weighted by Crippen LogP contribution is -2.46. The summed E-state index contributed by atoms with van der Waals surface area (Å²) in [4.78, 5) is 14.5. The van der Waals surface area contributed by atoms with Gasteiger partial charge in [-0.3, -0.25) is 9.89 Å². The van der Waals surface area contributed by atoms with Crippen molar-refractivity contribution in [3.8, 4) is 0 Å². The third kappa shape index (κ3) is 7.96. The van der Waals surface area contributed by atoms with Crippen molar-refractivity contribution in [2.45, 2.75) is 45.6 Å². The summed E-state index contributed by atoms with van der Waals surface area (Å²) in [5, 5.41) is 10.3. The molecule has 1 aliphatic heterocycles. The molecule has 1 saturated heterocycles. The highest BCUT2D eigenvalue weighted by molar-refractivity contribution is 14.0. The van der Waals surface area contributed by atoms with Crippen LogP contribution in [0.2, 0.25) is 0 Å². The summed E-state index contributed by atoms with van der Waals surface area (Å²) < 4.78 is 5.56. The molecule has 1 atom stereocenters. The molecule has 0 spiro atoms. The molecule has 1 fully saturated rings. The van der Waals surface area contributed by atoms with Crippen LogP contribution >= 0.6 is 46.7 Å². The first-order valence-corrected chi connectivity index (χ1v) is 12.3. The first-order valence-electron chi connectivity index (χ1n) is 10.6. The van der Waals surface area contributed by atoms with Crippen LogP contribution in [0.15, 0.2) is 22.5 Å². The van der Waals surface area contributed by atoms with E-state index in [-0.39, 0.29) is 29.4 Å². The highest BCUT2D eigenvalue weighted by Gasteiger charge is 2.24. The van der Waals surface area contributed by atoms with Gasteiger partial charge in [0, 0.05) is 60.2 Å². The van der Waals surface area contributed by atoms with Gasteiger partial charge in [-0.15, -0.1) is 46.7 Å². The molecule has 0 radical (unpaired) electrons. The number of rotatable bonds is 7. The lowest BCUT2D eigenvalue weighted by Gasteiger charge is -2.34. The van der Waals surface area contributed by atoms with E-state index >= 15 is 0 Å². The molecule has 174 valence electrons. The van der Waals surface area contributed by atoms with Gasteiger partial charge >= 0.3 is 0 Å². The minimum Gasteiger partial charge on any atom is -0.379 e. The maximum atomic E-state index is 5.56. The first kappa shape index (κ1) is 26.5. The zero-order valence-electron chi connectivity index (χ0n) is 19.2. The highest BCUT2D eigenvalue weighted by Crippen LogP contribution is 2.28. The quantitative estimate of drug-likeness (QED) is 0.294. The standard InChI is InChI=1S/C22H35N5OS2.HI/c1-16-6-7-18(30-16)17(27-10-12-28-13-11-27)14-25-21(23-5)24-9-8-20-26-19(15-29-20)22(2,3)4;/h6-7,15,17H,8-14H2,1-5H3,(H2,23,24,25);1H. The number of nitrogens with one attached hydrogen (secondary N) is 2.